The molecule has 0 aromatic carbocycles. The van der Waals surface area contributed by atoms with E-state index in [1.54, 1.807) is 11.6 Å². The first kappa shape index (κ1) is 14.7. The van der Waals surface area contributed by atoms with Crippen LogP contribution in [0.15, 0.2) is 18.6 Å². The average molecular weight is 292 g/mol. The normalized spacial score (nSPS) is 12.1. The summed E-state index contributed by atoms with van der Waals surface area (Å²) in [5.74, 6) is -0.267. The lowest BCUT2D eigenvalue weighted by Crippen LogP contribution is -2.30. The van der Waals surface area contributed by atoms with Crippen LogP contribution in [-0.2, 0) is 18.4 Å². The molecular weight excluding hydrogens is 276 g/mol. The summed E-state index contributed by atoms with van der Waals surface area (Å²) in [6, 6.07) is -0.629. The molecule has 1 atom stereocenters. The number of nitrogens with one attached hydrogen (secondary N) is 1. The van der Waals surface area contributed by atoms with E-state index < -0.39 is 11.0 Å². The summed E-state index contributed by atoms with van der Waals surface area (Å²) in [5, 5.41) is 21.4. The molecule has 21 heavy (non-hydrogen) atoms. The maximum Gasteiger partial charge on any atom is 0.307 e. The minimum absolute atomic E-state index is 0.141. The average Bonchev–Trinajstić information content (AvgIpc) is 3.02. The van der Waals surface area contributed by atoms with Crippen molar-refractivity contribution < 1.29 is 9.72 Å². The molecule has 1 amide bonds. The van der Waals surface area contributed by atoms with Gasteiger partial charge in [-0.15, -0.1) is 0 Å². The molecule has 0 aliphatic carbocycles. The zero-order chi connectivity index (χ0) is 15.6. The molecule has 2 aromatic rings. The summed E-state index contributed by atoms with van der Waals surface area (Å²) < 4.78 is 2.95. The predicted octanol–water partition coefficient (Wildman–Crippen LogP) is 0.711. The van der Waals surface area contributed by atoms with Gasteiger partial charge in [0.25, 0.3) is 0 Å². The highest BCUT2D eigenvalue weighted by atomic mass is 16.6. The molecule has 0 saturated carbocycles. The molecule has 2 rings (SSSR count). The lowest BCUT2D eigenvalue weighted by molar-refractivity contribution is -0.385. The minimum atomic E-state index is -0.629. The van der Waals surface area contributed by atoms with E-state index >= 15 is 0 Å². The van der Waals surface area contributed by atoms with Gasteiger partial charge in [0, 0.05) is 25.4 Å². The summed E-state index contributed by atoms with van der Waals surface area (Å²) >= 11 is 0. The number of hydrogen-bond donors (Lipinski definition) is 1. The second kappa shape index (κ2) is 5.73. The van der Waals surface area contributed by atoms with E-state index in [9.17, 15) is 14.9 Å². The molecule has 0 saturated heterocycles. The van der Waals surface area contributed by atoms with Crippen LogP contribution < -0.4 is 5.32 Å². The number of rotatable bonds is 5. The molecular formula is C12H16N6O3. The fraction of sp³-hybridized carbons (Fsp3) is 0.417. The molecule has 1 N–H and O–H groups in total. The molecule has 2 aromatic heterocycles. The topological polar surface area (TPSA) is 108 Å². The van der Waals surface area contributed by atoms with E-state index in [0.29, 0.717) is 6.54 Å². The van der Waals surface area contributed by atoms with Crippen molar-refractivity contribution in [1.29, 1.82) is 0 Å². The van der Waals surface area contributed by atoms with Crippen molar-refractivity contribution >= 4 is 11.6 Å². The van der Waals surface area contributed by atoms with Gasteiger partial charge in [0.1, 0.15) is 18.4 Å². The van der Waals surface area contributed by atoms with Gasteiger partial charge in [-0.05, 0) is 13.8 Å². The molecule has 0 aliphatic rings. The summed E-state index contributed by atoms with van der Waals surface area (Å²) in [6.45, 7) is 3.84. The summed E-state index contributed by atoms with van der Waals surface area (Å²) in [4.78, 5) is 22.1. The lowest BCUT2D eigenvalue weighted by Gasteiger charge is -2.11. The number of aromatic nitrogens is 4. The largest absolute Gasteiger partial charge is 0.350 e. The van der Waals surface area contributed by atoms with Crippen LogP contribution in [0.4, 0.5) is 5.69 Å². The SMILES string of the molecule is Cc1nn(C)cc1CNC(=O)C(C)n1cc([N+](=O)[O-])cn1. The molecule has 0 spiro atoms. The van der Waals surface area contributed by atoms with E-state index in [1.807, 2.05) is 20.2 Å². The van der Waals surface area contributed by atoms with Crippen LogP contribution in [0.1, 0.15) is 24.2 Å². The number of hydrogen-bond acceptors (Lipinski definition) is 5. The quantitative estimate of drug-likeness (QED) is 0.645. The zero-order valence-corrected chi connectivity index (χ0v) is 12.0. The number of carbonyl (C=O) groups is 1. The minimum Gasteiger partial charge on any atom is -0.350 e. The van der Waals surface area contributed by atoms with Gasteiger partial charge >= 0.3 is 5.69 Å². The summed E-state index contributed by atoms with van der Waals surface area (Å²) in [5.41, 5.74) is 1.63. The Labute approximate surface area is 120 Å². The van der Waals surface area contributed by atoms with Gasteiger partial charge in [0.15, 0.2) is 0 Å². The highest BCUT2D eigenvalue weighted by Crippen LogP contribution is 2.13. The van der Waals surface area contributed by atoms with Gasteiger partial charge < -0.3 is 5.32 Å². The van der Waals surface area contributed by atoms with E-state index in [0.717, 1.165) is 17.5 Å². The summed E-state index contributed by atoms with van der Waals surface area (Å²) in [6.07, 6.45) is 4.19. The first-order valence-corrected chi connectivity index (χ1v) is 6.34. The Kier molecular flexibility index (Phi) is 4.01. The van der Waals surface area contributed by atoms with Crippen molar-refractivity contribution in [2.24, 2.45) is 7.05 Å². The lowest BCUT2D eigenvalue weighted by atomic mass is 10.2. The maximum absolute atomic E-state index is 12.0. The second-order valence-corrected chi connectivity index (χ2v) is 4.74. The number of amides is 1. The van der Waals surface area contributed by atoms with Crippen LogP contribution in [0, 0.1) is 17.0 Å². The van der Waals surface area contributed by atoms with Crippen LogP contribution in [0.3, 0.4) is 0 Å². The third-order valence-corrected chi connectivity index (χ3v) is 3.14. The van der Waals surface area contributed by atoms with Gasteiger partial charge in [-0.25, -0.2) is 0 Å². The van der Waals surface area contributed by atoms with Crippen LogP contribution in [0.2, 0.25) is 0 Å². The van der Waals surface area contributed by atoms with Crippen LogP contribution in [0.25, 0.3) is 0 Å². The maximum atomic E-state index is 12.0. The Hall–Kier alpha value is -2.71. The van der Waals surface area contributed by atoms with Crippen molar-refractivity contribution in [3.05, 3.63) is 40.0 Å². The van der Waals surface area contributed by atoms with Crippen molar-refractivity contribution in [3.8, 4) is 0 Å². The first-order chi connectivity index (χ1) is 9.88. The van der Waals surface area contributed by atoms with Crippen molar-refractivity contribution in [1.82, 2.24) is 24.9 Å². The Bertz CT molecular complexity index is 674. The monoisotopic (exact) mass is 292 g/mol. The van der Waals surface area contributed by atoms with Gasteiger partial charge in [-0.2, -0.15) is 10.2 Å². The van der Waals surface area contributed by atoms with Crippen LogP contribution in [0.5, 0.6) is 0 Å². The molecule has 112 valence electrons. The zero-order valence-electron chi connectivity index (χ0n) is 12.0. The molecule has 2 heterocycles. The van der Waals surface area contributed by atoms with Gasteiger partial charge in [-0.1, -0.05) is 0 Å². The molecule has 0 aliphatic heterocycles. The Balaban J connectivity index is 1.99. The number of nitrogens with zero attached hydrogens (tertiary/aromatic N) is 5. The standard InChI is InChI=1S/C12H16N6O3/c1-8-10(6-16(3)15-8)4-13-12(19)9(2)17-7-11(5-14-17)18(20)21/h5-7,9H,4H2,1-3H3,(H,13,19). The van der Waals surface area contributed by atoms with Crippen molar-refractivity contribution in [2.45, 2.75) is 26.4 Å². The molecule has 1 unspecified atom stereocenters. The van der Waals surface area contributed by atoms with Gasteiger partial charge in [0.2, 0.25) is 5.91 Å². The smallest absolute Gasteiger partial charge is 0.307 e. The molecule has 9 heteroatoms. The predicted molar refractivity (Wildman–Crippen MR) is 73.4 cm³/mol. The fourth-order valence-corrected chi connectivity index (χ4v) is 1.91. The number of nitro groups is 1. The second-order valence-electron chi connectivity index (χ2n) is 4.74. The number of aryl methyl sites for hydroxylation is 2. The highest BCUT2D eigenvalue weighted by molar-refractivity contribution is 5.79. The Morgan fingerprint density at radius 1 is 1.52 bits per heavy atom. The highest BCUT2D eigenvalue weighted by Gasteiger charge is 2.19. The molecule has 0 radical (unpaired) electrons. The molecule has 0 bridgehead atoms. The first-order valence-electron chi connectivity index (χ1n) is 6.34. The van der Waals surface area contributed by atoms with Crippen molar-refractivity contribution in [3.63, 3.8) is 0 Å². The van der Waals surface area contributed by atoms with Crippen LogP contribution >= 0.6 is 0 Å². The van der Waals surface area contributed by atoms with E-state index in [2.05, 4.69) is 15.5 Å². The summed E-state index contributed by atoms with van der Waals surface area (Å²) in [7, 11) is 1.81. The number of carbonyl (C=O) groups excluding carboxylic acids is 1. The fourth-order valence-electron chi connectivity index (χ4n) is 1.91. The molecule has 9 nitrogen and oxygen atoms in total. The van der Waals surface area contributed by atoms with Crippen molar-refractivity contribution in [2.75, 3.05) is 0 Å². The van der Waals surface area contributed by atoms with E-state index in [4.69, 9.17) is 0 Å². The van der Waals surface area contributed by atoms with E-state index in [-0.39, 0.29) is 11.6 Å². The molecule has 0 fully saturated rings. The van der Waals surface area contributed by atoms with E-state index in [1.165, 1.54) is 10.9 Å². The van der Waals surface area contributed by atoms with Crippen LogP contribution in [-0.4, -0.2) is 30.4 Å². The third-order valence-electron chi connectivity index (χ3n) is 3.14. The Morgan fingerprint density at radius 3 is 2.76 bits per heavy atom. The third kappa shape index (κ3) is 3.25. The van der Waals surface area contributed by atoms with Gasteiger partial charge in [-0.3, -0.25) is 24.3 Å². The van der Waals surface area contributed by atoms with Gasteiger partial charge in [0.05, 0.1) is 10.6 Å². The Morgan fingerprint density at radius 2 is 2.24 bits per heavy atom.